The molecule has 0 saturated carbocycles. The van der Waals surface area contributed by atoms with Crippen LogP contribution in [0.2, 0.25) is 5.02 Å². The van der Waals surface area contributed by atoms with Gasteiger partial charge in [0, 0.05) is 17.5 Å². The molecule has 1 heterocycles. The topological polar surface area (TPSA) is 61.0 Å². The van der Waals surface area contributed by atoms with Gasteiger partial charge in [-0.05, 0) is 18.2 Å². The zero-order chi connectivity index (χ0) is 10.8. The number of halogens is 1. The minimum Gasteiger partial charge on any atom is -0.383 e. The summed E-state index contributed by atoms with van der Waals surface area (Å²) in [7, 11) is 1.59. The van der Waals surface area contributed by atoms with E-state index in [0.717, 1.165) is 10.9 Å². The summed E-state index contributed by atoms with van der Waals surface area (Å²) >= 11 is 5.86. The van der Waals surface area contributed by atoms with Crippen LogP contribution in [0.4, 0.5) is 5.82 Å². The smallest absolute Gasteiger partial charge is 0.157 e. The summed E-state index contributed by atoms with van der Waals surface area (Å²) in [5.41, 5.74) is 6.57. The lowest BCUT2D eigenvalue weighted by atomic mass is 10.2. The lowest BCUT2D eigenvalue weighted by Crippen LogP contribution is -2.01. The fourth-order valence-electron chi connectivity index (χ4n) is 1.37. The van der Waals surface area contributed by atoms with E-state index in [9.17, 15) is 0 Å². The van der Waals surface area contributed by atoms with Crippen LogP contribution in [0, 0.1) is 0 Å². The van der Waals surface area contributed by atoms with E-state index in [0.29, 0.717) is 23.3 Å². The molecular weight excluding hydrogens is 214 g/mol. The molecule has 0 aliphatic carbocycles. The third-order valence-electron chi connectivity index (χ3n) is 2.01. The van der Waals surface area contributed by atoms with Crippen molar-refractivity contribution in [1.82, 2.24) is 9.97 Å². The third-order valence-corrected chi connectivity index (χ3v) is 2.24. The van der Waals surface area contributed by atoms with Crippen LogP contribution in [0.1, 0.15) is 5.82 Å². The van der Waals surface area contributed by atoms with Gasteiger partial charge in [0.15, 0.2) is 5.82 Å². The quantitative estimate of drug-likeness (QED) is 0.846. The fraction of sp³-hybridized carbons (Fsp3) is 0.200. The number of hydrogen-bond acceptors (Lipinski definition) is 4. The van der Waals surface area contributed by atoms with Crippen LogP contribution in [0.25, 0.3) is 10.9 Å². The Balaban J connectivity index is 2.62. The van der Waals surface area contributed by atoms with Crippen molar-refractivity contribution in [3.05, 3.63) is 29.0 Å². The van der Waals surface area contributed by atoms with E-state index in [2.05, 4.69) is 9.97 Å². The molecule has 0 saturated heterocycles. The Labute approximate surface area is 92.0 Å². The van der Waals surface area contributed by atoms with Gasteiger partial charge in [0.2, 0.25) is 0 Å². The number of aromatic nitrogens is 2. The van der Waals surface area contributed by atoms with Gasteiger partial charge in [-0.15, -0.1) is 0 Å². The molecule has 1 aromatic carbocycles. The van der Waals surface area contributed by atoms with Crippen LogP contribution in [0.3, 0.4) is 0 Å². The minimum atomic E-state index is 0.350. The molecular formula is C10H10ClN3O. The molecule has 0 spiro atoms. The standard InChI is InChI=1S/C10H10ClN3O/c1-15-5-9-13-8-3-2-6(11)4-7(8)10(12)14-9/h2-4H,5H2,1H3,(H2,12,13,14). The van der Waals surface area contributed by atoms with Crippen LogP contribution < -0.4 is 5.73 Å². The Morgan fingerprint density at radius 2 is 2.20 bits per heavy atom. The zero-order valence-corrected chi connectivity index (χ0v) is 8.95. The monoisotopic (exact) mass is 223 g/mol. The molecule has 0 amide bonds. The van der Waals surface area contributed by atoms with Crippen molar-refractivity contribution in [2.45, 2.75) is 6.61 Å². The Hall–Kier alpha value is -1.39. The predicted molar refractivity (Wildman–Crippen MR) is 59.7 cm³/mol. The lowest BCUT2D eigenvalue weighted by Gasteiger charge is -2.04. The van der Waals surface area contributed by atoms with Gasteiger partial charge in [0.25, 0.3) is 0 Å². The Morgan fingerprint density at radius 3 is 2.93 bits per heavy atom. The van der Waals surface area contributed by atoms with Crippen LogP contribution >= 0.6 is 11.6 Å². The highest BCUT2D eigenvalue weighted by Gasteiger charge is 2.05. The first kappa shape index (κ1) is 10.1. The second kappa shape index (κ2) is 4.00. The van der Waals surface area contributed by atoms with Crippen LogP contribution in [-0.4, -0.2) is 17.1 Å². The molecule has 0 fully saturated rings. The Kier molecular flexibility index (Phi) is 2.70. The number of fused-ring (bicyclic) bond motifs is 1. The first-order valence-corrected chi connectivity index (χ1v) is 4.79. The number of nitrogens with zero attached hydrogens (tertiary/aromatic N) is 2. The number of rotatable bonds is 2. The number of ether oxygens (including phenoxy) is 1. The summed E-state index contributed by atoms with van der Waals surface area (Å²) in [6.45, 7) is 0.350. The van der Waals surface area contributed by atoms with Gasteiger partial charge in [0.05, 0.1) is 5.52 Å². The van der Waals surface area contributed by atoms with Gasteiger partial charge in [0.1, 0.15) is 12.4 Å². The van der Waals surface area contributed by atoms with Crippen molar-refractivity contribution in [2.24, 2.45) is 0 Å². The van der Waals surface area contributed by atoms with Crippen LogP contribution in [0.5, 0.6) is 0 Å². The van der Waals surface area contributed by atoms with Crippen LogP contribution in [-0.2, 0) is 11.3 Å². The summed E-state index contributed by atoms with van der Waals surface area (Å²) < 4.78 is 4.95. The lowest BCUT2D eigenvalue weighted by molar-refractivity contribution is 0.178. The zero-order valence-electron chi connectivity index (χ0n) is 8.20. The molecule has 2 aromatic rings. The minimum absolute atomic E-state index is 0.350. The van der Waals surface area contributed by atoms with Gasteiger partial charge < -0.3 is 10.5 Å². The van der Waals surface area contributed by atoms with E-state index in [1.807, 2.05) is 6.07 Å². The predicted octanol–water partition coefficient (Wildman–Crippen LogP) is 2.01. The fourth-order valence-corrected chi connectivity index (χ4v) is 1.54. The summed E-state index contributed by atoms with van der Waals surface area (Å²) in [5, 5.41) is 1.39. The molecule has 0 radical (unpaired) electrons. The van der Waals surface area contributed by atoms with E-state index in [4.69, 9.17) is 22.1 Å². The second-order valence-electron chi connectivity index (χ2n) is 3.12. The van der Waals surface area contributed by atoms with Crippen molar-refractivity contribution < 1.29 is 4.74 Å². The Bertz CT molecular complexity index is 501. The van der Waals surface area contributed by atoms with Crippen molar-refractivity contribution in [3.63, 3.8) is 0 Å². The van der Waals surface area contributed by atoms with Crippen LogP contribution in [0.15, 0.2) is 18.2 Å². The third kappa shape index (κ3) is 2.00. The van der Waals surface area contributed by atoms with Crippen molar-refractivity contribution in [1.29, 1.82) is 0 Å². The number of nitrogen functional groups attached to an aromatic ring is 1. The largest absolute Gasteiger partial charge is 0.383 e. The van der Waals surface area contributed by atoms with E-state index in [1.165, 1.54) is 0 Å². The molecule has 5 heteroatoms. The maximum Gasteiger partial charge on any atom is 0.157 e. The molecule has 0 aliphatic rings. The van der Waals surface area contributed by atoms with Gasteiger partial charge in [-0.1, -0.05) is 11.6 Å². The average Bonchev–Trinajstić information content (AvgIpc) is 2.20. The molecule has 0 bridgehead atoms. The number of hydrogen-bond donors (Lipinski definition) is 1. The molecule has 0 aliphatic heterocycles. The first-order valence-electron chi connectivity index (χ1n) is 4.41. The van der Waals surface area contributed by atoms with Crippen molar-refractivity contribution in [3.8, 4) is 0 Å². The summed E-state index contributed by atoms with van der Waals surface area (Å²) in [6.07, 6.45) is 0. The maximum absolute atomic E-state index is 5.86. The Morgan fingerprint density at radius 1 is 1.40 bits per heavy atom. The summed E-state index contributed by atoms with van der Waals surface area (Å²) in [4.78, 5) is 8.41. The van der Waals surface area contributed by atoms with Gasteiger partial charge in [-0.2, -0.15) is 0 Å². The first-order chi connectivity index (χ1) is 7.20. The highest BCUT2D eigenvalue weighted by atomic mass is 35.5. The summed E-state index contributed by atoms with van der Waals surface area (Å²) in [5.74, 6) is 0.999. The van der Waals surface area contributed by atoms with Gasteiger partial charge in [-0.3, -0.25) is 0 Å². The van der Waals surface area contributed by atoms with Gasteiger partial charge >= 0.3 is 0 Å². The molecule has 0 atom stereocenters. The number of nitrogens with two attached hydrogens (primary N) is 1. The highest BCUT2D eigenvalue weighted by Crippen LogP contribution is 2.21. The molecule has 15 heavy (non-hydrogen) atoms. The number of anilines is 1. The highest BCUT2D eigenvalue weighted by molar-refractivity contribution is 6.31. The normalized spacial score (nSPS) is 10.8. The molecule has 2 N–H and O–H groups in total. The maximum atomic E-state index is 5.86. The molecule has 0 unspecified atom stereocenters. The number of methoxy groups -OCH3 is 1. The molecule has 2 rings (SSSR count). The SMILES string of the molecule is COCc1nc(N)c2cc(Cl)ccc2n1. The van der Waals surface area contributed by atoms with E-state index < -0.39 is 0 Å². The summed E-state index contributed by atoms with van der Waals surface area (Å²) in [6, 6.07) is 5.34. The molecule has 78 valence electrons. The molecule has 1 aromatic heterocycles. The van der Waals surface area contributed by atoms with E-state index in [1.54, 1.807) is 19.2 Å². The number of benzene rings is 1. The van der Waals surface area contributed by atoms with Gasteiger partial charge in [-0.25, -0.2) is 9.97 Å². The van der Waals surface area contributed by atoms with Crippen molar-refractivity contribution >= 4 is 28.3 Å². The van der Waals surface area contributed by atoms with E-state index >= 15 is 0 Å². The average molecular weight is 224 g/mol. The molecule has 4 nitrogen and oxygen atoms in total. The van der Waals surface area contributed by atoms with E-state index in [-0.39, 0.29) is 0 Å². The second-order valence-corrected chi connectivity index (χ2v) is 3.56. The van der Waals surface area contributed by atoms with Crippen molar-refractivity contribution in [2.75, 3.05) is 12.8 Å².